The van der Waals surface area contributed by atoms with Gasteiger partial charge in [-0.25, -0.2) is 0 Å². The molecule has 3 fully saturated rings. The minimum absolute atomic E-state index is 0.0382. The van der Waals surface area contributed by atoms with Crippen molar-refractivity contribution < 1.29 is 9.59 Å². The molecule has 2 aliphatic heterocycles. The summed E-state index contributed by atoms with van der Waals surface area (Å²) in [6.07, 6.45) is 4.86. The minimum Gasteiger partial charge on any atom is -0.344 e. The van der Waals surface area contributed by atoms with Crippen molar-refractivity contribution in [1.82, 2.24) is 15.1 Å². The van der Waals surface area contributed by atoms with Crippen molar-refractivity contribution in [3.05, 3.63) is 0 Å². The molecule has 3 rings (SSSR count). The summed E-state index contributed by atoms with van der Waals surface area (Å²) in [4.78, 5) is 28.9. The molecule has 2 saturated heterocycles. The summed E-state index contributed by atoms with van der Waals surface area (Å²) in [5, 5.41) is 2.94. The van der Waals surface area contributed by atoms with E-state index in [4.69, 9.17) is 0 Å². The van der Waals surface area contributed by atoms with Crippen LogP contribution in [0.5, 0.6) is 0 Å². The summed E-state index contributed by atoms with van der Waals surface area (Å²) < 4.78 is 0. The molecule has 3 aliphatic rings. The molecule has 5 nitrogen and oxygen atoms in total. The molecule has 0 aromatic rings. The van der Waals surface area contributed by atoms with Crippen LogP contribution in [0.1, 0.15) is 39.0 Å². The highest BCUT2D eigenvalue weighted by Gasteiger charge is 2.42. The average Bonchev–Trinajstić information content (AvgIpc) is 3.28. The normalized spacial score (nSPS) is 31.0. The van der Waals surface area contributed by atoms with Crippen molar-refractivity contribution in [3.8, 4) is 0 Å². The summed E-state index contributed by atoms with van der Waals surface area (Å²) in [5.74, 6) is 0.576. The van der Waals surface area contributed by atoms with Crippen LogP contribution in [-0.4, -0.2) is 60.9 Å². The Morgan fingerprint density at radius 3 is 2.48 bits per heavy atom. The van der Waals surface area contributed by atoms with Gasteiger partial charge < -0.3 is 15.1 Å². The van der Waals surface area contributed by atoms with Gasteiger partial charge in [0, 0.05) is 19.5 Å². The molecule has 1 saturated carbocycles. The molecule has 2 heterocycles. The zero-order chi connectivity index (χ0) is 15.0. The molecule has 118 valence electrons. The van der Waals surface area contributed by atoms with Crippen LogP contribution in [0.25, 0.3) is 0 Å². The third kappa shape index (κ3) is 3.39. The van der Waals surface area contributed by atoms with Gasteiger partial charge in [-0.05, 0) is 57.2 Å². The van der Waals surface area contributed by atoms with Crippen LogP contribution >= 0.6 is 0 Å². The Balaban J connectivity index is 1.68. The molecule has 1 aliphatic carbocycles. The van der Waals surface area contributed by atoms with E-state index >= 15 is 0 Å². The van der Waals surface area contributed by atoms with Crippen LogP contribution in [-0.2, 0) is 9.59 Å². The van der Waals surface area contributed by atoms with E-state index < -0.39 is 0 Å². The SMILES string of the molecule is CN1CCC(C)(CN2CCC(=O)NC(C3CC3)C2=O)CC1. The molecule has 21 heavy (non-hydrogen) atoms. The first-order chi connectivity index (χ1) is 9.97. The highest BCUT2D eigenvalue weighted by molar-refractivity contribution is 5.90. The van der Waals surface area contributed by atoms with Gasteiger partial charge in [-0.15, -0.1) is 0 Å². The molecule has 0 aromatic heterocycles. The van der Waals surface area contributed by atoms with Crippen molar-refractivity contribution >= 4 is 11.8 Å². The van der Waals surface area contributed by atoms with Crippen LogP contribution in [0, 0.1) is 11.3 Å². The summed E-state index contributed by atoms with van der Waals surface area (Å²) in [6.45, 7) is 5.88. The standard InChI is InChI=1S/C16H27N3O2/c1-16(6-9-18(2)10-7-16)11-19-8-5-13(20)17-14(15(19)21)12-3-4-12/h12,14H,3-11H2,1-2H3,(H,17,20). The van der Waals surface area contributed by atoms with Crippen molar-refractivity contribution in [2.45, 2.75) is 45.1 Å². The average molecular weight is 293 g/mol. The first-order valence-electron chi connectivity index (χ1n) is 8.24. The zero-order valence-corrected chi connectivity index (χ0v) is 13.2. The summed E-state index contributed by atoms with van der Waals surface area (Å²) >= 11 is 0. The van der Waals surface area contributed by atoms with Crippen molar-refractivity contribution in [2.24, 2.45) is 11.3 Å². The number of carbonyl (C=O) groups excluding carboxylic acids is 2. The number of rotatable bonds is 3. The van der Waals surface area contributed by atoms with Gasteiger partial charge in [0.2, 0.25) is 11.8 Å². The van der Waals surface area contributed by atoms with E-state index in [1.807, 2.05) is 4.90 Å². The predicted octanol–water partition coefficient (Wildman–Crippen LogP) is 0.845. The van der Waals surface area contributed by atoms with Crippen molar-refractivity contribution in [2.75, 3.05) is 33.2 Å². The third-order valence-corrected chi connectivity index (χ3v) is 5.36. The van der Waals surface area contributed by atoms with E-state index in [1.54, 1.807) is 0 Å². The fraction of sp³-hybridized carbons (Fsp3) is 0.875. The van der Waals surface area contributed by atoms with Gasteiger partial charge in [-0.1, -0.05) is 6.92 Å². The van der Waals surface area contributed by atoms with E-state index in [2.05, 4.69) is 24.2 Å². The molecule has 2 amide bonds. The second-order valence-electron chi connectivity index (χ2n) is 7.51. The van der Waals surface area contributed by atoms with Crippen LogP contribution in [0.4, 0.5) is 0 Å². The van der Waals surface area contributed by atoms with Crippen LogP contribution in [0.2, 0.25) is 0 Å². The van der Waals surface area contributed by atoms with E-state index in [0.717, 1.165) is 45.3 Å². The van der Waals surface area contributed by atoms with E-state index in [9.17, 15) is 9.59 Å². The maximum atomic E-state index is 12.8. The Kier molecular flexibility index (Phi) is 3.95. The summed E-state index contributed by atoms with van der Waals surface area (Å²) in [7, 11) is 2.16. The molecular weight excluding hydrogens is 266 g/mol. The maximum Gasteiger partial charge on any atom is 0.245 e. The van der Waals surface area contributed by atoms with Crippen LogP contribution < -0.4 is 5.32 Å². The number of nitrogens with one attached hydrogen (secondary N) is 1. The maximum absolute atomic E-state index is 12.8. The third-order valence-electron chi connectivity index (χ3n) is 5.36. The molecule has 1 atom stereocenters. The Bertz CT molecular complexity index is 425. The van der Waals surface area contributed by atoms with E-state index in [-0.39, 0.29) is 23.3 Å². The summed E-state index contributed by atoms with van der Waals surface area (Å²) in [5.41, 5.74) is 0.198. The molecule has 0 aromatic carbocycles. The van der Waals surface area contributed by atoms with Crippen molar-refractivity contribution in [1.29, 1.82) is 0 Å². The lowest BCUT2D eigenvalue weighted by Gasteiger charge is -2.41. The molecule has 5 heteroatoms. The first kappa shape index (κ1) is 14.8. The fourth-order valence-electron chi connectivity index (χ4n) is 3.53. The molecule has 1 N–H and O–H groups in total. The Morgan fingerprint density at radius 2 is 1.86 bits per heavy atom. The highest BCUT2D eigenvalue weighted by Crippen LogP contribution is 2.36. The smallest absolute Gasteiger partial charge is 0.245 e. The molecule has 0 bridgehead atoms. The van der Waals surface area contributed by atoms with Gasteiger partial charge in [0.1, 0.15) is 6.04 Å². The van der Waals surface area contributed by atoms with E-state index in [0.29, 0.717) is 18.9 Å². The quantitative estimate of drug-likeness (QED) is 0.839. The Hall–Kier alpha value is -1.10. The fourth-order valence-corrected chi connectivity index (χ4v) is 3.53. The lowest BCUT2D eigenvalue weighted by Crippen LogP contribution is -2.50. The number of carbonyl (C=O) groups is 2. The van der Waals surface area contributed by atoms with E-state index in [1.165, 1.54) is 0 Å². The number of piperidine rings is 1. The van der Waals surface area contributed by atoms with Crippen LogP contribution in [0.3, 0.4) is 0 Å². The monoisotopic (exact) mass is 293 g/mol. The van der Waals surface area contributed by atoms with Crippen molar-refractivity contribution in [3.63, 3.8) is 0 Å². The second kappa shape index (κ2) is 5.59. The molecule has 1 unspecified atom stereocenters. The number of hydrogen-bond acceptors (Lipinski definition) is 3. The topological polar surface area (TPSA) is 52.6 Å². The second-order valence-corrected chi connectivity index (χ2v) is 7.51. The number of likely N-dealkylation sites (tertiary alicyclic amines) is 1. The number of amides is 2. The Labute approximate surface area is 127 Å². The zero-order valence-electron chi connectivity index (χ0n) is 13.2. The largest absolute Gasteiger partial charge is 0.344 e. The highest BCUT2D eigenvalue weighted by atomic mass is 16.2. The number of hydrogen-bond donors (Lipinski definition) is 1. The lowest BCUT2D eigenvalue weighted by atomic mass is 9.80. The number of nitrogens with zero attached hydrogens (tertiary/aromatic N) is 2. The van der Waals surface area contributed by atoms with Gasteiger partial charge in [0.25, 0.3) is 0 Å². The lowest BCUT2D eigenvalue weighted by molar-refractivity contribution is -0.135. The molecular formula is C16H27N3O2. The van der Waals surface area contributed by atoms with Gasteiger partial charge in [0.05, 0.1) is 0 Å². The van der Waals surface area contributed by atoms with Gasteiger partial charge in [0.15, 0.2) is 0 Å². The van der Waals surface area contributed by atoms with Gasteiger partial charge in [-0.3, -0.25) is 9.59 Å². The first-order valence-corrected chi connectivity index (χ1v) is 8.24. The summed E-state index contributed by atoms with van der Waals surface area (Å²) in [6, 6.07) is -0.255. The molecule has 0 radical (unpaired) electrons. The molecule has 0 spiro atoms. The minimum atomic E-state index is -0.255. The van der Waals surface area contributed by atoms with Gasteiger partial charge >= 0.3 is 0 Å². The Morgan fingerprint density at radius 1 is 1.19 bits per heavy atom. The predicted molar refractivity (Wildman–Crippen MR) is 80.7 cm³/mol. The van der Waals surface area contributed by atoms with Crippen LogP contribution in [0.15, 0.2) is 0 Å². The van der Waals surface area contributed by atoms with Gasteiger partial charge in [-0.2, -0.15) is 0 Å².